The number of carbonyl (C=O) groups is 2. The van der Waals surface area contributed by atoms with E-state index in [0.717, 1.165) is 4.90 Å². The molecule has 0 aromatic heterocycles. The van der Waals surface area contributed by atoms with Gasteiger partial charge in [-0.05, 0) is 0 Å². The third-order valence-corrected chi connectivity index (χ3v) is 2.35. The number of amides is 1. The molecule has 0 aromatic carbocycles. The third-order valence-electron chi connectivity index (χ3n) is 2.35. The van der Waals surface area contributed by atoms with Gasteiger partial charge in [0.25, 0.3) is 5.92 Å². The molecule has 5 nitrogen and oxygen atoms in total. The summed E-state index contributed by atoms with van der Waals surface area (Å²) in [6.07, 6.45) is -0.798. The monoisotopic (exact) mass is 249 g/mol. The van der Waals surface area contributed by atoms with Crippen molar-refractivity contribution < 1.29 is 28.2 Å². The highest BCUT2D eigenvalue weighted by Gasteiger charge is 2.48. The maximum absolute atomic E-state index is 13.1. The molecule has 1 fully saturated rings. The van der Waals surface area contributed by atoms with Crippen molar-refractivity contribution in [3.63, 3.8) is 0 Å². The van der Waals surface area contributed by atoms with Crippen molar-refractivity contribution in [3.05, 3.63) is 12.7 Å². The zero-order valence-electron chi connectivity index (χ0n) is 9.07. The van der Waals surface area contributed by atoms with E-state index in [9.17, 15) is 18.4 Å². The summed E-state index contributed by atoms with van der Waals surface area (Å²) < 4.78 is 30.9. The molecule has 0 radical (unpaired) electrons. The summed E-state index contributed by atoms with van der Waals surface area (Å²) in [7, 11) is 0. The number of carbonyl (C=O) groups excluding carboxylic acids is 1. The lowest BCUT2D eigenvalue weighted by Crippen LogP contribution is -2.38. The number of carboxylic acids is 1. The van der Waals surface area contributed by atoms with Gasteiger partial charge in [-0.3, -0.25) is 9.69 Å². The zero-order valence-corrected chi connectivity index (χ0v) is 9.07. The predicted octanol–water partition coefficient (Wildman–Crippen LogP) is 1.49. The molecule has 96 valence electrons. The van der Waals surface area contributed by atoms with E-state index in [1.54, 1.807) is 0 Å². The van der Waals surface area contributed by atoms with Gasteiger partial charge in [0.2, 0.25) is 0 Å². The van der Waals surface area contributed by atoms with Crippen molar-refractivity contribution in [3.8, 4) is 0 Å². The van der Waals surface area contributed by atoms with Crippen LogP contribution in [0.1, 0.15) is 12.8 Å². The summed E-state index contributed by atoms with van der Waals surface area (Å²) in [6.45, 7) is 2.42. The molecular weight excluding hydrogens is 236 g/mol. The molecular formula is C10H13F2NO4. The second kappa shape index (κ2) is 5.11. The molecule has 1 unspecified atom stereocenters. The van der Waals surface area contributed by atoms with Crippen molar-refractivity contribution >= 4 is 12.1 Å². The van der Waals surface area contributed by atoms with Crippen LogP contribution in [-0.2, 0) is 9.53 Å². The first-order valence-electron chi connectivity index (χ1n) is 4.99. The number of hydrogen-bond donors (Lipinski definition) is 1. The lowest BCUT2D eigenvalue weighted by atomic mass is 10.1. The summed E-state index contributed by atoms with van der Waals surface area (Å²) in [5.74, 6) is -4.29. The van der Waals surface area contributed by atoms with Crippen molar-refractivity contribution in [2.45, 2.75) is 24.8 Å². The molecule has 0 spiro atoms. The minimum absolute atomic E-state index is 0.0965. The van der Waals surface area contributed by atoms with Gasteiger partial charge in [-0.25, -0.2) is 13.6 Å². The quantitative estimate of drug-likeness (QED) is 0.766. The number of nitrogens with zero attached hydrogens (tertiary/aromatic N) is 1. The molecule has 1 aliphatic rings. The highest BCUT2D eigenvalue weighted by Crippen LogP contribution is 2.33. The highest BCUT2D eigenvalue weighted by molar-refractivity contribution is 5.72. The minimum atomic E-state index is -3.06. The Morgan fingerprint density at radius 3 is 2.76 bits per heavy atom. The molecule has 0 aliphatic carbocycles. The van der Waals surface area contributed by atoms with Crippen molar-refractivity contribution in [2.75, 3.05) is 13.2 Å². The van der Waals surface area contributed by atoms with E-state index in [0.29, 0.717) is 0 Å². The molecule has 17 heavy (non-hydrogen) atoms. The van der Waals surface area contributed by atoms with Gasteiger partial charge in [-0.1, -0.05) is 12.7 Å². The Balaban J connectivity index is 2.69. The number of rotatable bonds is 4. The van der Waals surface area contributed by atoms with Gasteiger partial charge in [0, 0.05) is 6.42 Å². The van der Waals surface area contributed by atoms with Crippen LogP contribution in [-0.4, -0.2) is 47.2 Å². The number of halogens is 2. The van der Waals surface area contributed by atoms with Gasteiger partial charge in [-0.15, -0.1) is 0 Å². The maximum atomic E-state index is 13.1. The SMILES string of the molecule is C=CCOC(=O)N1CC(F)(F)CC1CC(=O)O. The molecule has 1 heterocycles. The van der Waals surface area contributed by atoms with Gasteiger partial charge in [-0.2, -0.15) is 0 Å². The van der Waals surface area contributed by atoms with Gasteiger partial charge >= 0.3 is 12.1 Å². The second-order valence-electron chi connectivity index (χ2n) is 3.81. The van der Waals surface area contributed by atoms with Gasteiger partial charge in [0.05, 0.1) is 19.0 Å². The van der Waals surface area contributed by atoms with E-state index in [-0.39, 0.29) is 6.61 Å². The van der Waals surface area contributed by atoms with E-state index in [1.807, 2.05) is 0 Å². The van der Waals surface area contributed by atoms with E-state index in [4.69, 9.17) is 5.11 Å². The summed E-state index contributed by atoms with van der Waals surface area (Å²) in [6, 6.07) is -1.03. The first-order chi connectivity index (χ1) is 7.85. The predicted molar refractivity (Wildman–Crippen MR) is 53.9 cm³/mol. The number of likely N-dealkylation sites (tertiary alicyclic amines) is 1. The fraction of sp³-hybridized carbons (Fsp3) is 0.600. The Hall–Kier alpha value is -1.66. The standard InChI is InChI=1S/C10H13F2NO4/c1-2-3-17-9(16)13-6-10(11,12)5-7(13)4-8(14)15/h2,7H,1,3-6H2,(H,14,15). The molecule has 7 heteroatoms. The third kappa shape index (κ3) is 3.69. The van der Waals surface area contributed by atoms with Crippen LogP contribution in [0.5, 0.6) is 0 Å². The zero-order chi connectivity index (χ0) is 13.1. The second-order valence-corrected chi connectivity index (χ2v) is 3.81. The van der Waals surface area contributed by atoms with E-state index in [1.165, 1.54) is 6.08 Å². The normalized spacial score (nSPS) is 22.2. The van der Waals surface area contributed by atoms with E-state index < -0.39 is 43.4 Å². The van der Waals surface area contributed by atoms with Crippen LogP contribution in [0.25, 0.3) is 0 Å². The molecule has 1 saturated heterocycles. The Kier molecular flexibility index (Phi) is 4.03. The average Bonchev–Trinajstić information content (AvgIpc) is 2.49. The smallest absolute Gasteiger partial charge is 0.410 e. The van der Waals surface area contributed by atoms with Gasteiger partial charge < -0.3 is 9.84 Å². The lowest BCUT2D eigenvalue weighted by molar-refractivity contribution is -0.138. The van der Waals surface area contributed by atoms with Crippen LogP contribution in [0.3, 0.4) is 0 Å². The van der Waals surface area contributed by atoms with Crippen molar-refractivity contribution in [1.82, 2.24) is 4.90 Å². The van der Waals surface area contributed by atoms with Gasteiger partial charge in [0.15, 0.2) is 0 Å². The highest BCUT2D eigenvalue weighted by atomic mass is 19.3. The Labute approximate surface area is 96.7 Å². The van der Waals surface area contributed by atoms with E-state index in [2.05, 4.69) is 11.3 Å². The molecule has 0 saturated carbocycles. The summed E-state index contributed by atoms with van der Waals surface area (Å²) in [5, 5.41) is 8.58. The maximum Gasteiger partial charge on any atom is 0.410 e. The summed E-state index contributed by atoms with van der Waals surface area (Å²) in [5.41, 5.74) is 0. The topological polar surface area (TPSA) is 66.8 Å². The van der Waals surface area contributed by atoms with Crippen LogP contribution < -0.4 is 0 Å². The fourth-order valence-corrected chi connectivity index (χ4v) is 1.71. The Morgan fingerprint density at radius 1 is 1.59 bits per heavy atom. The number of hydrogen-bond acceptors (Lipinski definition) is 3. The Morgan fingerprint density at radius 2 is 2.24 bits per heavy atom. The van der Waals surface area contributed by atoms with Crippen LogP contribution in [0, 0.1) is 0 Å². The molecule has 1 amide bonds. The Bertz CT molecular complexity index is 332. The van der Waals surface area contributed by atoms with Crippen molar-refractivity contribution in [2.24, 2.45) is 0 Å². The number of aliphatic carboxylic acids is 1. The van der Waals surface area contributed by atoms with E-state index >= 15 is 0 Å². The largest absolute Gasteiger partial charge is 0.481 e. The van der Waals surface area contributed by atoms with Crippen LogP contribution in [0.2, 0.25) is 0 Å². The van der Waals surface area contributed by atoms with Crippen LogP contribution in [0.15, 0.2) is 12.7 Å². The van der Waals surface area contributed by atoms with Crippen molar-refractivity contribution in [1.29, 1.82) is 0 Å². The minimum Gasteiger partial charge on any atom is -0.481 e. The fourth-order valence-electron chi connectivity index (χ4n) is 1.71. The van der Waals surface area contributed by atoms with Crippen LogP contribution in [0.4, 0.5) is 13.6 Å². The average molecular weight is 249 g/mol. The van der Waals surface area contributed by atoms with Crippen LogP contribution >= 0.6 is 0 Å². The van der Waals surface area contributed by atoms with Gasteiger partial charge in [0.1, 0.15) is 6.61 Å². The molecule has 1 rings (SSSR count). The lowest BCUT2D eigenvalue weighted by Gasteiger charge is -2.21. The molecule has 1 aliphatic heterocycles. The molecule has 1 atom stereocenters. The first-order valence-corrected chi connectivity index (χ1v) is 4.99. The first kappa shape index (κ1) is 13.4. The number of carboxylic acid groups (broad SMARTS) is 1. The number of ether oxygens (including phenoxy) is 1. The molecule has 0 bridgehead atoms. The summed E-state index contributed by atoms with van der Waals surface area (Å²) in [4.78, 5) is 22.7. The molecule has 0 aromatic rings. The molecule has 1 N–H and O–H groups in total. The summed E-state index contributed by atoms with van der Waals surface area (Å²) >= 11 is 0. The number of alkyl halides is 2.